The molecule has 2 aliphatic rings. The number of carbonyl (C=O) groups excluding carboxylic acids is 1. The zero-order chi connectivity index (χ0) is 11.2. The second kappa shape index (κ2) is 3.85. The van der Waals surface area contributed by atoms with Gasteiger partial charge in [-0.25, -0.2) is 0 Å². The van der Waals surface area contributed by atoms with Crippen LogP contribution in [0.3, 0.4) is 0 Å². The summed E-state index contributed by atoms with van der Waals surface area (Å²) >= 11 is 7.03. The SMILES string of the molecule is C=C(Br)CC1=C[C@H]2C[C@@H]1C[C@]2(Br)C(C)=O. The van der Waals surface area contributed by atoms with Gasteiger partial charge in [-0.2, -0.15) is 0 Å². The average Bonchev–Trinajstić information content (AvgIpc) is 2.60. The van der Waals surface area contributed by atoms with Gasteiger partial charge >= 0.3 is 0 Å². The highest BCUT2D eigenvalue weighted by atomic mass is 79.9. The van der Waals surface area contributed by atoms with E-state index in [1.54, 1.807) is 6.92 Å². The number of hydrogen-bond donors (Lipinski definition) is 0. The van der Waals surface area contributed by atoms with Crippen LogP contribution in [0.1, 0.15) is 26.2 Å². The van der Waals surface area contributed by atoms with Crippen molar-refractivity contribution < 1.29 is 4.79 Å². The molecule has 0 heterocycles. The fourth-order valence-electron chi connectivity index (χ4n) is 2.79. The summed E-state index contributed by atoms with van der Waals surface area (Å²) in [6.45, 7) is 5.56. The van der Waals surface area contributed by atoms with Gasteiger partial charge in [0, 0.05) is 0 Å². The molecule has 15 heavy (non-hydrogen) atoms. The quantitative estimate of drug-likeness (QED) is 0.564. The summed E-state index contributed by atoms with van der Waals surface area (Å²) in [4.78, 5) is 11.6. The highest BCUT2D eigenvalue weighted by molar-refractivity contribution is 9.11. The van der Waals surface area contributed by atoms with Crippen LogP contribution < -0.4 is 0 Å². The highest BCUT2D eigenvalue weighted by Crippen LogP contribution is 2.55. The molecular weight excluding hydrogens is 320 g/mol. The van der Waals surface area contributed by atoms with Crippen LogP contribution in [-0.4, -0.2) is 10.1 Å². The molecule has 2 rings (SSSR count). The Morgan fingerprint density at radius 2 is 2.40 bits per heavy atom. The Labute approximate surface area is 107 Å². The van der Waals surface area contributed by atoms with E-state index in [2.05, 4.69) is 44.5 Å². The van der Waals surface area contributed by atoms with Crippen LogP contribution in [0.5, 0.6) is 0 Å². The van der Waals surface area contributed by atoms with E-state index < -0.39 is 0 Å². The summed E-state index contributed by atoms with van der Waals surface area (Å²) < 4.78 is 0.763. The lowest BCUT2D eigenvalue weighted by molar-refractivity contribution is -0.119. The number of hydrogen-bond acceptors (Lipinski definition) is 1. The predicted octanol–water partition coefficient (Wildman–Crippen LogP) is 3.97. The van der Waals surface area contributed by atoms with E-state index in [0.717, 1.165) is 23.7 Å². The molecule has 0 aromatic heterocycles. The first-order chi connectivity index (χ1) is 6.93. The fraction of sp³-hybridized carbons (Fsp3) is 0.583. The smallest absolute Gasteiger partial charge is 0.147 e. The number of carbonyl (C=O) groups is 1. The lowest BCUT2D eigenvalue weighted by Gasteiger charge is -2.28. The number of allylic oxidation sites excluding steroid dienone is 3. The second-order valence-corrected chi connectivity index (χ2v) is 7.13. The number of fused-ring (bicyclic) bond motifs is 2. The topological polar surface area (TPSA) is 17.1 Å². The molecule has 2 bridgehead atoms. The Hall–Kier alpha value is 0.110. The van der Waals surface area contributed by atoms with Crippen molar-refractivity contribution in [1.29, 1.82) is 0 Å². The molecule has 0 saturated heterocycles. The van der Waals surface area contributed by atoms with Crippen molar-refractivity contribution in [3.63, 3.8) is 0 Å². The molecule has 0 amide bonds. The van der Waals surface area contributed by atoms with Crippen LogP contribution in [0.15, 0.2) is 22.7 Å². The first-order valence-corrected chi connectivity index (χ1v) is 6.76. The van der Waals surface area contributed by atoms with Gasteiger partial charge in [-0.3, -0.25) is 4.79 Å². The molecule has 0 aliphatic heterocycles. The van der Waals surface area contributed by atoms with Crippen LogP contribution in [0.25, 0.3) is 0 Å². The number of Topliss-reactive ketones (excluding diaryl/α,β-unsaturated/α-hetero) is 1. The zero-order valence-electron chi connectivity index (χ0n) is 8.72. The normalized spacial score (nSPS) is 37.9. The molecule has 0 aromatic carbocycles. The third-order valence-electron chi connectivity index (χ3n) is 3.59. The van der Waals surface area contributed by atoms with Gasteiger partial charge in [0.15, 0.2) is 0 Å². The monoisotopic (exact) mass is 332 g/mol. The summed E-state index contributed by atoms with van der Waals surface area (Å²) in [5, 5.41) is 0. The number of ketones is 1. The lowest BCUT2D eigenvalue weighted by atomic mass is 9.86. The summed E-state index contributed by atoms with van der Waals surface area (Å²) in [7, 11) is 0. The van der Waals surface area contributed by atoms with Crippen molar-refractivity contribution in [2.24, 2.45) is 11.8 Å². The van der Waals surface area contributed by atoms with Crippen LogP contribution in [0.4, 0.5) is 0 Å². The molecule has 0 radical (unpaired) electrons. The van der Waals surface area contributed by atoms with Gasteiger partial charge in [0.2, 0.25) is 0 Å². The zero-order valence-corrected chi connectivity index (χ0v) is 11.9. The van der Waals surface area contributed by atoms with Crippen LogP contribution in [-0.2, 0) is 4.79 Å². The van der Waals surface area contributed by atoms with Crippen LogP contribution >= 0.6 is 31.9 Å². The van der Waals surface area contributed by atoms with E-state index in [-0.39, 0.29) is 10.1 Å². The van der Waals surface area contributed by atoms with Crippen LogP contribution in [0, 0.1) is 11.8 Å². The first kappa shape index (κ1) is 11.6. The van der Waals surface area contributed by atoms with Crippen molar-refractivity contribution in [2.75, 3.05) is 0 Å². The number of alkyl halides is 1. The Kier molecular flexibility index (Phi) is 2.97. The minimum Gasteiger partial charge on any atom is -0.298 e. The minimum absolute atomic E-state index is 0.267. The Morgan fingerprint density at radius 3 is 2.80 bits per heavy atom. The van der Waals surface area contributed by atoms with Gasteiger partial charge in [-0.05, 0) is 42.5 Å². The van der Waals surface area contributed by atoms with Gasteiger partial charge in [0.25, 0.3) is 0 Å². The Bertz CT molecular complexity index is 359. The average molecular weight is 334 g/mol. The predicted molar refractivity (Wildman–Crippen MR) is 69.3 cm³/mol. The largest absolute Gasteiger partial charge is 0.298 e. The Balaban J connectivity index is 2.18. The molecule has 82 valence electrons. The molecule has 3 atom stereocenters. The van der Waals surface area contributed by atoms with E-state index in [4.69, 9.17) is 0 Å². The summed E-state index contributed by atoms with van der Waals surface area (Å²) in [6, 6.07) is 0. The van der Waals surface area contributed by atoms with E-state index in [1.807, 2.05) is 0 Å². The Morgan fingerprint density at radius 1 is 1.73 bits per heavy atom. The maximum atomic E-state index is 11.6. The van der Waals surface area contributed by atoms with Gasteiger partial charge in [-0.1, -0.05) is 50.1 Å². The van der Waals surface area contributed by atoms with Crippen molar-refractivity contribution >= 4 is 37.6 Å². The second-order valence-electron chi connectivity index (χ2n) is 4.60. The van der Waals surface area contributed by atoms with Gasteiger partial charge in [0.05, 0.1) is 4.32 Å². The molecule has 0 unspecified atom stereocenters. The van der Waals surface area contributed by atoms with E-state index in [0.29, 0.717) is 11.8 Å². The molecule has 3 heteroatoms. The standard InChI is InChI=1S/C12H14Br2O/c1-7(13)3-9-4-11-5-10(9)6-12(11,14)8(2)15/h4,10-11H,1,3,5-6H2,2H3/t10-,11+,12+/m1/s1. The molecule has 0 spiro atoms. The fourth-order valence-corrected chi connectivity index (χ4v) is 3.83. The minimum atomic E-state index is -0.269. The molecule has 1 nitrogen and oxygen atoms in total. The lowest BCUT2D eigenvalue weighted by Crippen LogP contribution is -2.34. The third kappa shape index (κ3) is 1.89. The number of halogens is 2. The van der Waals surface area contributed by atoms with Gasteiger partial charge in [0.1, 0.15) is 5.78 Å². The van der Waals surface area contributed by atoms with Gasteiger partial charge in [-0.15, -0.1) is 0 Å². The first-order valence-electron chi connectivity index (χ1n) is 5.17. The summed E-state index contributed by atoms with van der Waals surface area (Å²) in [6.07, 6.45) is 5.29. The molecular formula is C12H14Br2O. The van der Waals surface area contributed by atoms with Crippen molar-refractivity contribution in [2.45, 2.75) is 30.5 Å². The maximum absolute atomic E-state index is 11.6. The van der Waals surface area contributed by atoms with E-state index in [1.165, 1.54) is 5.57 Å². The molecule has 0 N–H and O–H groups in total. The third-order valence-corrected chi connectivity index (χ3v) is 5.34. The van der Waals surface area contributed by atoms with Crippen molar-refractivity contribution in [1.82, 2.24) is 0 Å². The summed E-state index contributed by atoms with van der Waals surface area (Å²) in [5.41, 5.74) is 1.46. The number of rotatable bonds is 3. The van der Waals surface area contributed by atoms with Crippen molar-refractivity contribution in [3.05, 3.63) is 22.7 Å². The van der Waals surface area contributed by atoms with E-state index in [9.17, 15) is 4.79 Å². The van der Waals surface area contributed by atoms with Crippen LogP contribution in [0.2, 0.25) is 0 Å². The summed E-state index contributed by atoms with van der Waals surface area (Å²) in [5.74, 6) is 1.23. The molecule has 1 fully saturated rings. The van der Waals surface area contributed by atoms with E-state index >= 15 is 0 Å². The van der Waals surface area contributed by atoms with Crippen molar-refractivity contribution in [3.8, 4) is 0 Å². The molecule has 0 aromatic rings. The molecule has 1 saturated carbocycles. The van der Waals surface area contributed by atoms with Gasteiger partial charge < -0.3 is 0 Å². The highest BCUT2D eigenvalue weighted by Gasteiger charge is 2.52. The molecule has 2 aliphatic carbocycles. The maximum Gasteiger partial charge on any atom is 0.147 e.